The number of rotatable bonds is 4. The van der Waals surface area contributed by atoms with Gasteiger partial charge in [-0.05, 0) is 37.8 Å². The number of hydrogen-bond acceptors (Lipinski definition) is 7. The Kier molecular flexibility index (Phi) is 5.91. The van der Waals surface area contributed by atoms with E-state index in [-0.39, 0.29) is 11.4 Å². The van der Waals surface area contributed by atoms with E-state index in [0.717, 1.165) is 0 Å². The van der Waals surface area contributed by atoms with Crippen molar-refractivity contribution < 1.29 is 28.7 Å². The van der Waals surface area contributed by atoms with Gasteiger partial charge < -0.3 is 19.3 Å². The number of hydrogen-bond donors (Lipinski definition) is 0. The van der Waals surface area contributed by atoms with Gasteiger partial charge in [-0.3, -0.25) is 9.59 Å². The van der Waals surface area contributed by atoms with Gasteiger partial charge in [0.2, 0.25) is 0 Å². The molecular weight excluding hydrogens is 366 g/mol. The predicted molar refractivity (Wildman–Crippen MR) is 96.4 cm³/mol. The molecule has 3 rings (SSSR count). The molecule has 0 radical (unpaired) electrons. The van der Waals surface area contributed by atoms with Crippen molar-refractivity contribution >= 4 is 23.8 Å². The third-order valence-electron chi connectivity index (χ3n) is 5.16. The normalized spacial score (nSPS) is 21.5. The van der Waals surface area contributed by atoms with Crippen LogP contribution in [0.1, 0.15) is 46.7 Å². The fraction of sp³-hybridized carbons (Fsp3) is 0.526. The topological polar surface area (TPSA) is 106 Å². The molecule has 2 aliphatic rings. The van der Waals surface area contributed by atoms with Crippen LogP contribution in [0.4, 0.5) is 0 Å². The van der Waals surface area contributed by atoms with Crippen molar-refractivity contribution in [1.29, 1.82) is 0 Å². The molecule has 28 heavy (non-hydrogen) atoms. The number of amides is 2. The molecule has 1 aromatic rings. The maximum Gasteiger partial charge on any atom is 0.328 e. The van der Waals surface area contributed by atoms with E-state index >= 15 is 0 Å². The van der Waals surface area contributed by atoms with Gasteiger partial charge in [0, 0.05) is 13.1 Å². The van der Waals surface area contributed by atoms with Crippen LogP contribution < -0.4 is 0 Å². The highest BCUT2D eigenvalue weighted by Crippen LogP contribution is 2.23. The average Bonchev–Trinajstić information content (AvgIpc) is 3.41. The van der Waals surface area contributed by atoms with Crippen LogP contribution in [0.3, 0.4) is 0 Å². The number of carbonyl (C=O) groups is 4. The minimum atomic E-state index is -0.638. The Morgan fingerprint density at radius 2 is 1.29 bits per heavy atom. The quantitative estimate of drug-likeness (QED) is 0.696. The maximum absolute atomic E-state index is 12.8. The number of aromatic nitrogens is 1. The lowest BCUT2D eigenvalue weighted by molar-refractivity contribution is -0.145. The Balaban J connectivity index is 1.80. The van der Waals surface area contributed by atoms with Gasteiger partial charge in [-0.2, -0.15) is 0 Å². The summed E-state index contributed by atoms with van der Waals surface area (Å²) < 4.78 is 9.53. The average molecular weight is 389 g/mol. The van der Waals surface area contributed by atoms with E-state index in [1.165, 1.54) is 36.2 Å². The van der Waals surface area contributed by atoms with E-state index in [1.54, 1.807) is 6.07 Å². The second-order valence-electron chi connectivity index (χ2n) is 6.77. The number of methoxy groups -OCH3 is 2. The first-order chi connectivity index (χ1) is 13.5. The number of ether oxygens (including phenoxy) is 2. The van der Waals surface area contributed by atoms with Crippen molar-refractivity contribution in [2.24, 2.45) is 0 Å². The molecule has 0 spiro atoms. The van der Waals surface area contributed by atoms with Crippen LogP contribution in [0.5, 0.6) is 0 Å². The van der Waals surface area contributed by atoms with Crippen molar-refractivity contribution in [3.63, 3.8) is 0 Å². The van der Waals surface area contributed by atoms with E-state index in [4.69, 9.17) is 9.47 Å². The standard InChI is InChI=1S/C19H23N3O6/c1-27-18(25)14-8-4-10-21(14)16(23)12-6-3-7-13(20-12)17(24)22-11-5-9-15(22)19(26)28-2/h3,6-7,14-15H,4-5,8-11H2,1-2H3/t14-,15-/m0/s1. The van der Waals surface area contributed by atoms with E-state index in [9.17, 15) is 19.2 Å². The zero-order valence-electron chi connectivity index (χ0n) is 15.9. The van der Waals surface area contributed by atoms with Crippen molar-refractivity contribution in [3.8, 4) is 0 Å². The first-order valence-corrected chi connectivity index (χ1v) is 9.22. The molecule has 2 aliphatic heterocycles. The van der Waals surface area contributed by atoms with E-state index in [1.807, 2.05) is 0 Å². The van der Waals surface area contributed by atoms with Gasteiger partial charge in [-0.1, -0.05) is 6.07 Å². The molecule has 3 heterocycles. The SMILES string of the molecule is COC(=O)[C@@H]1CCCN1C(=O)c1cccc(C(=O)N2CCC[C@H]2C(=O)OC)n1. The Labute approximate surface area is 162 Å². The smallest absolute Gasteiger partial charge is 0.328 e. The number of esters is 2. The van der Waals surface area contributed by atoms with Gasteiger partial charge >= 0.3 is 11.9 Å². The first-order valence-electron chi connectivity index (χ1n) is 9.22. The maximum atomic E-state index is 12.8. The summed E-state index contributed by atoms with van der Waals surface area (Å²) in [6.45, 7) is 0.851. The molecule has 9 heteroatoms. The monoisotopic (exact) mass is 389 g/mol. The highest BCUT2D eigenvalue weighted by Gasteiger charge is 2.38. The van der Waals surface area contributed by atoms with Crippen LogP contribution in [-0.2, 0) is 19.1 Å². The van der Waals surface area contributed by atoms with Crippen LogP contribution >= 0.6 is 0 Å². The van der Waals surface area contributed by atoms with Crippen molar-refractivity contribution in [1.82, 2.24) is 14.8 Å². The van der Waals surface area contributed by atoms with Gasteiger partial charge in [0.15, 0.2) is 0 Å². The van der Waals surface area contributed by atoms with E-state index < -0.39 is 35.8 Å². The molecule has 1 aromatic heterocycles. The van der Waals surface area contributed by atoms with Crippen LogP contribution in [0.25, 0.3) is 0 Å². The molecule has 0 unspecified atom stereocenters. The number of likely N-dealkylation sites (tertiary alicyclic amines) is 2. The summed E-state index contributed by atoms with van der Waals surface area (Å²) in [7, 11) is 2.57. The summed E-state index contributed by atoms with van der Waals surface area (Å²) in [6, 6.07) is 3.31. The van der Waals surface area contributed by atoms with Gasteiger partial charge in [0.25, 0.3) is 11.8 Å². The Bertz CT molecular complexity index is 734. The molecule has 0 aliphatic carbocycles. The Morgan fingerprint density at radius 1 is 0.857 bits per heavy atom. The molecule has 0 saturated carbocycles. The lowest BCUT2D eigenvalue weighted by atomic mass is 10.2. The second-order valence-corrected chi connectivity index (χ2v) is 6.77. The Hall–Kier alpha value is -2.97. The van der Waals surface area contributed by atoms with E-state index in [0.29, 0.717) is 38.8 Å². The second kappa shape index (κ2) is 8.37. The molecular formula is C19H23N3O6. The van der Waals surface area contributed by atoms with Crippen LogP contribution in [-0.4, -0.2) is 77.9 Å². The van der Waals surface area contributed by atoms with Gasteiger partial charge in [-0.25, -0.2) is 14.6 Å². The predicted octanol–water partition coefficient (Wildman–Crippen LogP) is 0.637. The Morgan fingerprint density at radius 3 is 1.68 bits per heavy atom. The summed E-state index contributed by atoms with van der Waals surface area (Å²) in [5.41, 5.74) is 0.158. The van der Waals surface area contributed by atoms with Gasteiger partial charge in [0.05, 0.1) is 14.2 Å². The zero-order chi connectivity index (χ0) is 20.3. The molecule has 2 fully saturated rings. The highest BCUT2D eigenvalue weighted by molar-refractivity contribution is 5.99. The summed E-state index contributed by atoms with van der Waals surface area (Å²) >= 11 is 0. The largest absolute Gasteiger partial charge is 0.467 e. The van der Waals surface area contributed by atoms with Crippen molar-refractivity contribution in [2.45, 2.75) is 37.8 Å². The van der Waals surface area contributed by atoms with Crippen LogP contribution in [0.2, 0.25) is 0 Å². The summed E-state index contributed by atoms with van der Waals surface area (Å²) in [6.07, 6.45) is 2.45. The minimum Gasteiger partial charge on any atom is -0.467 e. The molecule has 0 bridgehead atoms. The molecule has 9 nitrogen and oxygen atoms in total. The molecule has 0 aromatic carbocycles. The van der Waals surface area contributed by atoms with Gasteiger partial charge in [-0.15, -0.1) is 0 Å². The third kappa shape index (κ3) is 3.69. The third-order valence-corrected chi connectivity index (χ3v) is 5.16. The van der Waals surface area contributed by atoms with E-state index in [2.05, 4.69) is 4.98 Å². The number of pyridine rings is 1. The van der Waals surface area contributed by atoms with Crippen LogP contribution in [0, 0.1) is 0 Å². The number of nitrogens with zero attached hydrogens (tertiary/aromatic N) is 3. The molecule has 2 atom stereocenters. The fourth-order valence-electron chi connectivity index (χ4n) is 3.75. The summed E-state index contributed by atoms with van der Waals surface area (Å²) in [5.74, 6) is -1.77. The summed E-state index contributed by atoms with van der Waals surface area (Å²) in [4.78, 5) is 56.6. The lowest BCUT2D eigenvalue weighted by Gasteiger charge is -2.23. The molecule has 2 saturated heterocycles. The molecule has 0 N–H and O–H groups in total. The fourth-order valence-corrected chi connectivity index (χ4v) is 3.75. The van der Waals surface area contributed by atoms with Crippen LogP contribution in [0.15, 0.2) is 18.2 Å². The van der Waals surface area contributed by atoms with Crippen molar-refractivity contribution in [2.75, 3.05) is 27.3 Å². The minimum absolute atomic E-state index is 0.0791. The number of carbonyl (C=O) groups excluding carboxylic acids is 4. The zero-order valence-corrected chi connectivity index (χ0v) is 15.9. The molecule has 2 amide bonds. The van der Waals surface area contributed by atoms with Gasteiger partial charge in [0.1, 0.15) is 23.5 Å². The lowest BCUT2D eigenvalue weighted by Crippen LogP contribution is -2.42. The molecule has 150 valence electrons. The first kappa shape index (κ1) is 19.8. The highest BCUT2D eigenvalue weighted by atomic mass is 16.5. The summed E-state index contributed by atoms with van der Waals surface area (Å²) in [5, 5.41) is 0. The van der Waals surface area contributed by atoms with Crippen molar-refractivity contribution in [3.05, 3.63) is 29.6 Å².